The predicted octanol–water partition coefficient (Wildman–Crippen LogP) is 3.37. The Morgan fingerprint density at radius 2 is 2.11 bits per heavy atom. The molecule has 1 atom stereocenters. The molecule has 2 rings (SSSR count). The maximum atomic E-state index is 12.1. The summed E-state index contributed by atoms with van der Waals surface area (Å²) in [5.41, 5.74) is 5.79. The second-order valence-corrected chi connectivity index (χ2v) is 7.04. The molecule has 104 valence electrons. The van der Waals surface area contributed by atoms with Crippen LogP contribution in [0.5, 0.6) is 0 Å². The molecular weight excluding hydrogens is 300 g/mol. The van der Waals surface area contributed by atoms with Crippen LogP contribution in [0.2, 0.25) is 4.34 Å². The number of carbonyl (C=O) groups is 1. The van der Waals surface area contributed by atoms with E-state index in [4.69, 9.17) is 29.6 Å². The molecule has 1 heterocycles. The number of amides is 1. The summed E-state index contributed by atoms with van der Waals surface area (Å²) in [7, 11) is 0. The number of carbonyl (C=O) groups excluding carboxylic acids is 1. The topological polar surface area (TPSA) is 55.1 Å². The van der Waals surface area contributed by atoms with E-state index in [9.17, 15) is 4.79 Å². The summed E-state index contributed by atoms with van der Waals surface area (Å²) in [6.45, 7) is 0. The predicted molar refractivity (Wildman–Crippen MR) is 83.9 cm³/mol. The summed E-state index contributed by atoms with van der Waals surface area (Å²) < 4.78 is 0.606. The van der Waals surface area contributed by atoms with Crippen molar-refractivity contribution in [2.45, 2.75) is 38.1 Å². The van der Waals surface area contributed by atoms with Gasteiger partial charge in [0.2, 0.25) is 0 Å². The molecule has 1 amide bonds. The van der Waals surface area contributed by atoms with Crippen LogP contribution < -0.4 is 11.1 Å². The standard InChI is InChI=1S/C13H17ClN2OS2/c14-10-7-6-9(19-10)13(17)16-11(12(15)18)8-4-2-1-3-5-8/h6-8,11H,1-5H2,(H2,15,18)(H,16,17). The average Bonchev–Trinajstić information content (AvgIpc) is 2.83. The van der Waals surface area contributed by atoms with Gasteiger partial charge in [-0.3, -0.25) is 4.79 Å². The smallest absolute Gasteiger partial charge is 0.261 e. The first kappa shape index (κ1) is 14.8. The maximum Gasteiger partial charge on any atom is 0.261 e. The lowest BCUT2D eigenvalue weighted by molar-refractivity contribution is 0.0936. The van der Waals surface area contributed by atoms with Gasteiger partial charge in [-0.2, -0.15) is 0 Å². The van der Waals surface area contributed by atoms with Crippen LogP contribution in [0.3, 0.4) is 0 Å². The fourth-order valence-corrected chi connectivity index (χ4v) is 3.74. The van der Waals surface area contributed by atoms with Gasteiger partial charge >= 0.3 is 0 Å². The zero-order valence-electron chi connectivity index (χ0n) is 10.5. The van der Waals surface area contributed by atoms with E-state index in [1.54, 1.807) is 12.1 Å². The average molecular weight is 317 g/mol. The molecule has 0 saturated heterocycles. The molecule has 1 unspecified atom stereocenters. The van der Waals surface area contributed by atoms with Gasteiger partial charge in [0.25, 0.3) is 5.91 Å². The van der Waals surface area contributed by atoms with Gasteiger partial charge in [-0.15, -0.1) is 11.3 Å². The van der Waals surface area contributed by atoms with Gasteiger partial charge in [0, 0.05) is 0 Å². The number of hydrogen-bond donors (Lipinski definition) is 2. The zero-order chi connectivity index (χ0) is 13.8. The quantitative estimate of drug-likeness (QED) is 0.837. The Hall–Kier alpha value is -0.650. The van der Waals surface area contributed by atoms with Crippen LogP contribution in [0.25, 0.3) is 0 Å². The van der Waals surface area contributed by atoms with Crippen LogP contribution in [-0.4, -0.2) is 16.9 Å². The van der Waals surface area contributed by atoms with Crippen LogP contribution in [0.15, 0.2) is 12.1 Å². The lowest BCUT2D eigenvalue weighted by Crippen LogP contribution is -2.48. The normalized spacial score (nSPS) is 17.9. The van der Waals surface area contributed by atoms with Crippen molar-refractivity contribution in [1.29, 1.82) is 0 Å². The third-order valence-corrected chi connectivity index (χ3v) is 5.00. The zero-order valence-corrected chi connectivity index (χ0v) is 12.9. The Balaban J connectivity index is 2.04. The minimum absolute atomic E-state index is 0.139. The molecule has 1 aromatic heterocycles. The van der Waals surface area contributed by atoms with Crippen molar-refractivity contribution in [3.05, 3.63) is 21.3 Å². The molecule has 0 aliphatic heterocycles. The summed E-state index contributed by atoms with van der Waals surface area (Å²) in [6, 6.07) is 3.24. The second-order valence-electron chi connectivity index (χ2n) is 4.86. The third-order valence-electron chi connectivity index (χ3n) is 3.51. The molecule has 19 heavy (non-hydrogen) atoms. The fourth-order valence-electron chi connectivity index (χ4n) is 2.54. The Bertz CT molecular complexity index is 469. The van der Waals surface area contributed by atoms with Crippen LogP contribution in [0.4, 0.5) is 0 Å². The number of nitrogens with one attached hydrogen (secondary N) is 1. The monoisotopic (exact) mass is 316 g/mol. The first-order valence-electron chi connectivity index (χ1n) is 6.43. The van der Waals surface area contributed by atoms with Gasteiger partial charge in [-0.1, -0.05) is 43.1 Å². The number of halogens is 1. The van der Waals surface area contributed by atoms with Gasteiger partial charge in [-0.25, -0.2) is 0 Å². The molecule has 0 aromatic carbocycles. The van der Waals surface area contributed by atoms with E-state index in [0.29, 0.717) is 20.1 Å². The summed E-state index contributed by atoms with van der Waals surface area (Å²) in [5.74, 6) is 0.228. The van der Waals surface area contributed by atoms with Crippen molar-refractivity contribution in [2.24, 2.45) is 11.7 Å². The van der Waals surface area contributed by atoms with Crippen molar-refractivity contribution in [3.8, 4) is 0 Å². The molecule has 1 aliphatic rings. The first-order valence-corrected chi connectivity index (χ1v) is 8.03. The molecule has 0 radical (unpaired) electrons. The van der Waals surface area contributed by atoms with Crippen molar-refractivity contribution < 1.29 is 4.79 Å². The minimum Gasteiger partial charge on any atom is -0.392 e. The molecule has 3 N–H and O–H groups in total. The minimum atomic E-state index is -0.205. The Morgan fingerprint density at radius 3 is 2.63 bits per heavy atom. The highest BCUT2D eigenvalue weighted by Crippen LogP contribution is 2.27. The molecule has 0 bridgehead atoms. The van der Waals surface area contributed by atoms with Crippen LogP contribution in [-0.2, 0) is 0 Å². The van der Waals surface area contributed by atoms with E-state index in [1.165, 1.54) is 30.6 Å². The maximum absolute atomic E-state index is 12.1. The van der Waals surface area contributed by atoms with Crippen LogP contribution >= 0.6 is 35.2 Å². The largest absolute Gasteiger partial charge is 0.392 e. The molecular formula is C13H17ClN2OS2. The molecule has 6 heteroatoms. The Labute approximate surface area is 127 Å². The van der Waals surface area contributed by atoms with Gasteiger partial charge in [0.15, 0.2) is 0 Å². The summed E-state index contributed by atoms with van der Waals surface area (Å²) in [4.78, 5) is 13.1. The summed E-state index contributed by atoms with van der Waals surface area (Å²) in [6.07, 6.45) is 5.78. The molecule has 3 nitrogen and oxygen atoms in total. The number of nitrogens with two attached hydrogens (primary N) is 1. The Morgan fingerprint density at radius 1 is 1.42 bits per heavy atom. The van der Waals surface area contributed by atoms with Crippen molar-refractivity contribution in [1.82, 2.24) is 5.32 Å². The van der Waals surface area contributed by atoms with E-state index < -0.39 is 0 Å². The highest BCUT2D eigenvalue weighted by Gasteiger charge is 2.27. The van der Waals surface area contributed by atoms with Crippen molar-refractivity contribution >= 4 is 46.1 Å². The number of thiocarbonyl (C=S) groups is 1. The molecule has 1 fully saturated rings. The van der Waals surface area contributed by atoms with Crippen molar-refractivity contribution in [3.63, 3.8) is 0 Å². The highest BCUT2D eigenvalue weighted by atomic mass is 35.5. The number of hydrogen-bond acceptors (Lipinski definition) is 3. The van der Waals surface area contributed by atoms with E-state index >= 15 is 0 Å². The molecule has 0 spiro atoms. The molecule has 1 aromatic rings. The summed E-state index contributed by atoms with van der Waals surface area (Å²) in [5, 5.41) is 2.96. The first-order chi connectivity index (χ1) is 9.08. The van der Waals surface area contributed by atoms with Crippen LogP contribution in [0, 0.1) is 5.92 Å². The number of rotatable bonds is 4. The second kappa shape index (κ2) is 6.68. The lowest BCUT2D eigenvalue weighted by atomic mass is 9.84. The van der Waals surface area contributed by atoms with Gasteiger partial charge in [0.1, 0.15) is 0 Å². The SMILES string of the molecule is NC(=S)C(NC(=O)c1ccc(Cl)s1)C1CCCCC1. The van der Waals surface area contributed by atoms with E-state index in [1.807, 2.05) is 0 Å². The van der Waals surface area contributed by atoms with Gasteiger partial charge < -0.3 is 11.1 Å². The lowest BCUT2D eigenvalue weighted by Gasteiger charge is -2.30. The third kappa shape index (κ3) is 3.91. The highest BCUT2D eigenvalue weighted by molar-refractivity contribution is 7.80. The fraction of sp³-hybridized carbons (Fsp3) is 0.538. The van der Waals surface area contributed by atoms with E-state index in [0.717, 1.165) is 12.8 Å². The van der Waals surface area contributed by atoms with Crippen LogP contribution in [0.1, 0.15) is 41.8 Å². The molecule has 1 saturated carbocycles. The number of thiophene rings is 1. The Kier molecular flexibility index (Phi) is 5.19. The summed E-state index contributed by atoms with van der Waals surface area (Å²) >= 11 is 12.2. The van der Waals surface area contributed by atoms with E-state index in [2.05, 4.69) is 5.32 Å². The van der Waals surface area contributed by atoms with E-state index in [-0.39, 0.29) is 11.9 Å². The van der Waals surface area contributed by atoms with Crippen molar-refractivity contribution in [2.75, 3.05) is 0 Å². The molecule has 1 aliphatic carbocycles. The van der Waals surface area contributed by atoms with Gasteiger partial charge in [-0.05, 0) is 30.9 Å². The van der Waals surface area contributed by atoms with Gasteiger partial charge in [0.05, 0.1) is 20.2 Å².